The highest BCUT2D eigenvalue weighted by atomic mass is 16.5. The molecule has 1 amide bonds. The quantitative estimate of drug-likeness (QED) is 0.822. The van der Waals surface area contributed by atoms with Crippen LogP contribution in [0.25, 0.3) is 0 Å². The molecule has 0 saturated carbocycles. The van der Waals surface area contributed by atoms with Crippen LogP contribution in [0.1, 0.15) is 18.4 Å². The van der Waals surface area contributed by atoms with Crippen LogP contribution in [0.2, 0.25) is 0 Å². The molecule has 2 aliphatic rings. The van der Waals surface area contributed by atoms with Crippen LogP contribution in [-0.4, -0.2) is 59.6 Å². The zero-order chi connectivity index (χ0) is 13.8. The largest absolute Gasteiger partial charge is 0.368 e. The molecular weight excluding hydrogens is 254 g/mol. The van der Waals surface area contributed by atoms with Gasteiger partial charge in [-0.2, -0.15) is 0 Å². The van der Waals surface area contributed by atoms with Crippen molar-refractivity contribution in [3.8, 4) is 0 Å². The maximum atomic E-state index is 12.2. The molecule has 0 radical (unpaired) electrons. The van der Waals surface area contributed by atoms with E-state index >= 15 is 0 Å². The third-order valence-electron chi connectivity index (χ3n) is 4.04. The molecule has 0 unspecified atom stereocenters. The monoisotopic (exact) mass is 275 g/mol. The second-order valence-electron chi connectivity index (χ2n) is 5.46. The molecule has 1 aromatic rings. The van der Waals surface area contributed by atoms with Crippen molar-refractivity contribution in [1.29, 1.82) is 0 Å². The van der Waals surface area contributed by atoms with Crippen molar-refractivity contribution in [1.82, 2.24) is 14.8 Å². The lowest BCUT2D eigenvalue weighted by molar-refractivity contribution is -0.142. The Hall–Kier alpha value is -1.46. The normalized spacial score (nSPS) is 24.0. The molecular formula is C15H21N3O2. The van der Waals surface area contributed by atoms with E-state index in [2.05, 4.69) is 9.88 Å². The molecule has 2 saturated heterocycles. The lowest BCUT2D eigenvalue weighted by atomic mass is 10.2. The predicted molar refractivity (Wildman–Crippen MR) is 75.1 cm³/mol. The second kappa shape index (κ2) is 6.33. The van der Waals surface area contributed by atoms with Crippen molar-refractivity contribution < 1.29 is 9.53 Å². The molecule has 0 aromatic carbocycles. The van der Waals surface area contributed by atoms with Gasteiger partial charge in [0.15, 0.2) is 0 Å². The van der Waals surface area contributed by atoms with Crippen LogP contribution < -0.4 is 0 Å². The number of rotatable bonds is 3. The van der Waals surface area contributed by atoms with E-state index in [0.717, 1.165) is 52.2 Å². The van der Waals surface area contributed by atoms with Crippen LogP contribution >= 0.6 is 0 Å². The fourth-order valence-electron chi connectivity index (χ4n) is 2.85. The van der Waals surface area contributed by atoms with E-state index in [1.54, 1.807) is 0 Å². The van der Waals surface area contributed by atoms with Crippen molar-refractivity contribution in [3.05, 3.63) is 30.1 Å². The number of carbonyl (C=O) groups is 1. The number of carbonyl (C=O) groups excluding carboxylic acids is 1. The van der Waals surface area contributed by atoms with Gasteiger partial charge in [0.2, 0.25) is 0 Å². The summed E-state index contributed by atoms with van der Waals surface area (Å²) in [6, 6.07) is 4.09. The van der Waals surface area contributed by atoms with E-state index in [-0.39, 0.29) is 12.0 Å². The average molecular weight is 275 g/mol. The maximum Gasteiger partial charge on any atom is 0.251 e. The molecule has 1 atom stereocenters. The number of pyridine rings is 1. The number of hydrogen-bond donors (Lipinski definition) is 0. The van der Waals surface area contributed by atoms with E-state index in [1.807, 2.05) is 29.4 Å². The first kappa shape index (κ1) is 13.5. The summed E-state index contributed by atoms with van der Waals surface area (Å²) in [6.07, 6.45) is 5.37. The van der Waals surface area contributed by atoms with Gasteiger partial charge in [-0.15, -0.1) is 0 Å². The van der Waals surface area contributed by atoms with Crippen molar-refractivity contribution >= 4 is 5.91 Å². The number of ether oxygens (including phenoxy) is 1. The lowest BCUT2D eigenvalue weighted by Gasteiger charge is -2.35. The standard InChI is InChI=1S/C15H21N3O2/c19-15(14-2-1-11-20-14)18-9-7-17(8-10-18)12-13-3-5-16-6-4-13/h3-6,14H,1-2,7-12H2/t14-/m0/s1. The fraction of sp³-hybridized carbons (Fsp3) is 0.600. The molecule has 5 nitrogen and oxygen atoms in total. The molecule has 5 heteroatoms. The Labute approximate surface area is 119 Å². The average Bonchev–Trinajstić information content (AvgIpc) is 3.03. The summed E-state index contributed by atoms with van der Waals surface area (Å²) in [7, 11) is 0. The molecule has 0 aliphatic carbocycles. The van der Waals surface area contributed by atoms with Gasteiger partial charge in [0.1, 0.15) is 6.10 Å². The summed E-state index contributed by atoms with van der Waals surface area (Å²) < 4.78 is 5.48. The molecule has 0 N–H and O–H groups in total. The van der Waals surface area contributed by atoms with E-state index in [1.165, 1.54) is 5.56 Å². The summed E-state index contributed by atoms with van der Waals surface area (Å²) in [5.74, 6) is 0.186. The Bertz CT molecular complexity index is 438. The molecule has 0 bridgehead atoms. The summed E-state index contributed by atoms with van der Waals surface area (Å²) in [4.78, 5) is 20.6. The Balaban J connectivity index is 1.48. The predicted octanol–water partition coefficient (Wildman–Crippen LogP) is 0.905. The third kappa shape index (κ3) is 3.16. The van der Waals surface area contributed by atoms with E-state index < -0.39 is 0 Å². The topological polar surface area (TPSA) is 45.7 Å². The van der Waals surface area contributed by atoms with Gasteiger partial charge in [-0.05, 0) is 30.5 Å². The van der Waals surface area contributed by atoms with Crippen molar-refractivity contribution in [2.45, 2.75) is 25.5 Å². The smallest absolute Gasteiger partial charge is 0.251 e. The number of amides is 1. The van der Waals surface area contributed by atoms with E-state index in [0.29, 0.717) is 0 Å². The van der Waals surface area contributed by atoms with Gasteiger partial charge < -0.3 is 9.64 Å². The first-order chi connectivity index (χ1) is 9.83. The Morgan fingerprint density at radius 3 is 2.65 bits per heavy atom. The minimum absolute atomic E-state index is 0.179. The van der Waals surface area contributed by atoms with Gasteiger partial charge in [-0.1, -0.05) is 0 Å². The fourth-order valence-corrected chi connectivity index (χ4v) is 2.85. The van der Waals surface area contributed by atoms with Gasteiger partial charge in [0.25, 0.3) is 5.91 Å². The van der Waals surface area contributed by atoms with Gasteiger partial charge in [-0.3, -0.25) is 14.7 Å². The van der Waals surface area contributed by atoms with Gasteiger partial charge in [0, 0.05) is 51.7 Å². The number of hydrogen-bond acceptors (Lipinski definition) is 4. The van der Waals surface area contributed by atoms with Crippen molar-refractivity contribution in [3.63, 3.8) is 0 Å². The minimum atomic E-state index is -0.179. The highest BCUT2D eigenvalue weighted by Gasteiger charge is 2.30. The zero-order valence-electron chi connectivity index (χ0n) is 11.7. The summed E-state index contributed by atoms with van der Waals surface area (Å²) >= 11 is 0. The minimum Gasteiger partial charge on any atom is -0.368 e. The number of aromatic nitrogens is 1. The highest BCUT2D eigenvalue weighted by molar-refractivity contribution is 5.81. The third-order valence-corrected chi connectivity index (χ3v) is 4.04. The van der Waals surface area contributed by atoms with Crippen LogP contribution in [0.4, 0.5) is 0 Å². The van der Waals surface area contributed by atoms with E-state index in [4.69, 9.17) is 4.74 Å². The second-order valence-corrected chi connectivity index (χ2v) is 5.46. The zero-order valence-corrected chi connectivity index (χ0v) is 11.7. The lowest BCUT2D eigenvalue weighted by Crippen LogP contribution is -2.51. The molecule has 3 rings (SSSR count). The van der Waals surface area contributed by atoms with E-state index in [9.17, 15) is 4.79 Å². The van der Waals surface area contributed by atoms with Crippen LogP contribution in [0.15, 0.2) is 24.5 Å². The van der Waals surface area contributed by atoms with Crippen molar-refractivity contribution in [2.24, 2.45) is 0 Å². The van der Waals surface area contributed by atoms with Gasteiger partial charge in [-0.25, -0.2) is 0 Å². The molecule has 3 heterocycles. The molecule has 1 aromatic heterocycles. The molecule has 0 spiro atoms. The summed E-state index contributed by atoms with van der Waals surface area (Å²) in [5.41, 5.74) is 1.28. The van der Waals surface area contributed by atoms with Crippen LogP contribution in [0, 0.1) is 0 Å². The molecule has 20 heavy (non-hydrogen) atoms. The van der Waals surface area contributed by atoms with Crippen molar-refractivity contribution in [2.75, 3.05) is 32.8 Å². The first-order valence-electron chi connectivity index (χ1n) is 7.34. The molecule has 108 valence electrons. The van der Waals surface area contributed by atoms with Crippen LogP contribution in [0.3, 0.4) is 0 Å². The Kier molecular flexibility index (Phi) is 4.28. The SMILES string of the molecule is O=C([C@@H]1CCCO1)N1CCN(Cc2ccncc2)CC1. The highest BCUT2D eigenvalue weighted by Crippen LogP contribution is 2.16. The molecule has 2 fully saturated rings. The van der Waals surface area contributed by atoms with Crippen LogP contribution in [-0.2, 0) is 16.1 Å². The Morgan fingerprint density at radius 1 is 1.25 bits per heavy atom. The first-order valence-corrected chi connectivity index (χ1v) is 7.34. The maximum absolute atomic E-state index is 12.2. The summed E-state index contributed by atoms with van der Waals surface area (Å²) in [6.45, 7) is 5.15. The summed E-state index contributed by atoms with van der Waals surface area (Å²) in [5, 5.41) is 0. The van der Waals surface area contributed by atoms with Crippen LogP contribution in [0.5, 0.6) is 0 Å². The van der Waals surface area contributed by atoms with Gasteiger partial charge in [0.05, 0.1) is 0 Å². The Morgan fingerprint density at radius 2 is 2.00 bits per heavy atom. The van der Waals surface area contributed by atoms with Gasteiger partial charge >= 0.3 is 0 Å². The number of nitrogens with zero attached hydrogens (tertiary/aromatic N) is 3. The molecule has 2 aliphatic heterocycles. The number of piperazine rings is 1.